The second kappa shape index (κ2) is 7.40. The van der Waals surface area contributed by atoms with Crippen molar-refractivity contribution < 1.29 is 0 Å². The molecule has 1 aliphatic heterocycles. The van der Waals surface area contributed by atoms with Crippen LogP contribution in [-0.2, 0) is 20.1 Å². The Morgan fingerprint density at radius 1 is 1.14 bits per heavy atom. The summed E-state index contributed by atoms with van der Waals surface area (Å²) in [5.41, 5.74) is 2.48. The smallest absolute Gasteiger partial charge is 0.128 e. The summed E-state index contributed by atoms with van der Waals surface area (Å²) in [7, 11) is 2.02. The summed E-state index contributed by atoms with van der Waals surface area (Å²) in [5.74, 6) is 1.13. The fraction of sp³-hybridized carbons (Fsp3) is 0.529. The topological polar surface area (TPSA) is 46.0 Å². The predicted molar refractivity (Wildman–Crippen MR) is 88.7 cm³/mol. The molecule has 0 aliphatic carbocycles. The lowest BCUT2D eigenvalue weighted by Gasteiger charge is -2.21. The van der Waals surface area contributed by atoms with E-state index in [2.05, 4.69) is 32.3 Å². The van der Waals surface area contributed by atoms with Gasteiger partial charge in [0, 0.05) is 45.6 Å². The molecule has 0 radical (unpaired) electrons. The van der Waals surface area contributed by atoms with E-state index in [1.54, 1.807) is 0 Å². The number of anilines is 1. The van der Waals surface area contributed by atoms with E-state index >= 15 is 0 Å². The average molecular weight is 299 g/mol. The van der Waals surface area contributed by atoms with Gasteiger partial charge < -0.3 is 14.8 Å². The lowest BCUT2D eigenvalue weighted by molar-refractivity contribution is 0.654. The van der Waals surface area contributed by atoms with Crippen molar-refractivity contribution in [2.24, 2.45) is 7.05 Å². The van der Waals surface area contributed by atoms with Gasteiger partial charge in [0.2, 0.25) is 0 Å². The molecule has 0 unspecified atom stereocenters. The zero-order valence-electron chi connectivity index (χ0n) is 13.3. The van der Waals surface area contributed by atoms with Crippen LogP contribution < -0.4 is 10.2 Å². The molecule has 1 aliphatic rings. The Morgan fingerprint density at radius 3 is 2.68 bits per heavy atom. The quantitative estimate of drug-likeness (QED) is 0.921. The average Bonchev–Trinajstić information content (AvgIpc) is 2.79. The molecule has 3 heterocycles. The highest BCUT2D eigenvalue weighted by Crippen LogP contribution is 2.18. The van der Waals surface area contributed by atoms with E-state index in [1.165, 1.54) is 36.9 Å². The molecule has 0 aromatic carbocycles. The Balaban J connectivity index is 1.57. The number of hydrogen-bond donors (Lipinski definition) is 1. The molecule has 0 atom stereocenters. The third-order valence-electron chi connectivity index (χ3n) is 4.29. The van der Waals surface area contributed by atoms with Gasteiger partial charge in [-0.3, -0.25) is 0 Å². The van der Waals surface area contributed by atoms with Crippen LogP contribution in [0.2, 0.25) is 0 Å². The van der Waals surface area contributed by atoms with Crippen LogP contribution in [-0.4, -0.2) is 27.6 Å². The van der Waals surface area contributed by atoms with Crippen molar-refractivity contribution >= 4 is 5.82 Å². The van der Waals surface area contributed by atoms with Gasteiger partial charge in [-0.2, -0.15) is 0 Å². The molecule has 1 saturated heterocycles. The summed E-state index contributed by atoms with van der Waals surface area (Å²) in [5, 5.41) is 3.48. The Morgan fingerprint density at radius 2 is 1.95 bits per heavy atom. The number of imidazole rings is 1. The van der Waals surface area contributed by atoms with Crippen molar-refractivity contribution in [1.29, 1.82) is 0 Å². The molecule has 2 aromatic rings. The molecule has 2 aromatic heterocycles. The van der Waals surface area contributed by atoms with E-state index < -0.39 is 0 Å². The maximum absolute atomic E-state index is 4.56. The van der Waals surface area contributed by atoms with Gasteiger partial charge in [0.05, 0.1) is 12.0 Å². The summed E-state index contributed by atoms with van der Waals surface area (Å²) in [6, 6.07) is 4.32. The maximum atomic E-state index is 4.56. The molecule has 1 N–H and O–H groups in total. The number of rotatable bonds is 5. The Labute approximate surface area is 132 Å². The molecular formula is C17H25N5. The van der Waals surface area contributed by atoms with Crippen LogP contribution in [0.5, 0.6) is 0 Å². The Kier molecular flexibility index (Phi) is 5.06. The normalized spacial score (nSPS) is 15.8. The summed E-state index contributed by atoms with van der Waals surface area (Å²) < 4.78 is 2.04. The molecule has 5 heteroatoms. The van der Waals surface area contributed by atoms with Crippen molar-refractivity contribution in [3.8, 4) is 0 Å². The highest BCUT2D eigenvalue weighted by Gasteiger charge is 2.11. The first kappa shape index (κ1) is 15.0. The largest absolute Gasteiger partial charge is 0.357 e. The Hall–Kier alpha value is -1.88. The standard InChI is InChI=1S/C17H25N5/c1-21-14-19-13-16(21)12-18-11-15-6-7-20-17(10-15)22-8-4-2-3-5-9-22/h6-7,10,13-14,18H,2-5,8-9,11-12H2,1H3. The molecule has 118 valence electrons. The van der Waals surface area contributed by atoms with Gasteiger partial charge in [0.15, 0.2) is 0 Å². The minimum atomic E-state index is 0.831. The zero-order valence-corrected chi connectivity index (χ0v) is 13.3. The van der Waals surface area contributed by atoms with Crippen LogP contribution >= 0.6 is 0 Å². The molecule has 0 amide bonds. The second-order valence-electron chi connectivity index (χ2n) is 6.02. The molecule has 22 heavy (non-hydrogen) atoms. The van der Waals surface area contributed by atoms with Crippen LogP contribution in [0.4, 0.5) is 5.82 Å². The number of aryl methyl sites for hydroxylation is 1. The van der Waals surface area contributed by atoms with Crippen molar-refractivity contribution in [2.75, 3.05) is 18.0 Å². The minimum Gasteiger partial charge on any atom is -0.357 e. The summed E-state index contributed by atoms with van der Waals surface area (Å²) in [6.07, 6.45) is 10.9. The van der Waals surface area contributed by atoms with E-state index in [0.29, 0.717) is 0 Å². The fourth-order valence-corrected chi connectivity index (χ4v) is 2.93. The lowest BCUT2D eigenvalue weighted by atomic mass is 10.2. The summed E-state index contributed by atoms with van der Waals surface area (Å²) in [6.45, 7) is 3.96. The SMILES string of the molecule is Cn1cncc1CNCc1ccnc(N2CCCCCC2)c1. The highest BCUT2D eigenvalue weighted by molar-refractivity contribution is 5.41. The van der Waals surface area contributed by atoms with E-state index in [0.717, 1.165) is 32.0 Å². The van der Waals surface area contributed by atoms with Gasteiger partial charge in [-0.25, -0.2) is 9.97 Å². The molecule has 0 bridgehead atoms. The van der Waals surface area contributed by atoms with Crippen molar-refractivity contribution in [3.63, 3.8) is 0 Å². The fourth-order valence-electron chi connectivity index (χ4n) is 2.93. The van der Waals surface area contributed by atoms with Gasteiger partial charge in [-0.15, -0.1) is 0 Å². The first-order valence-electron chi connectivity index (χ1n) is 8.19. The van der Waals surface area contributed by atoms with E-state index in [4.69, 9.17) is 0 Å². The molecule has 1 fully saturated rings. The number of nitrogens with zero attached hydrogens (tertiary/aromatic N) is 4. The maximum Gasteiger partial charge on any atom is 0.128 e. The van der Waals surface area contributed by atoms with Crippen molar-refractivity contribution in [3.05, 3.63) is 42.1 Å². The van der Waals surface area contributed by atoms with Crippen LogP contribution in [0.3, 0.4) is 0 Å². The third-order valence-corrected chi connectivity index (χ3v) is 4.29. The van der Waals surface area contributed by atoms with Gasteiger partial charge in [0.25, 0.3) is 0 Å². The van der Waals surface area contributed by atoms with Gasteiger partial charge >= 0.3 is 0 Å². The molecule has 0 saturated carbocycles. The van der Waals surface area contributed by atoms with Gasteiger partial charge in [0.1, 0.15) is 5.82 Å². The summed E-state index contributed by atoms with van der Waals surface area (Å²) in [4.78, 5) is 11.1. The van der Waals surface area contributed by atoms with Crippen LogP contribution in [0.15, 0.2) is 30.9 Å². The lowest BCUT2D eigenvalue weighted by Crippen LogP contribution is -2.25. The molecule has 0 spiro atoms. The number of hydrogen-bond acceptors (Lipinski definition) is 4. The van der Waals surface area contributed by atoms with Crippen molar-refractivity contribution in [1.82, 2.24) is 19.9 Å². The van der Waals surface area contributed by atoms with E-state index in [-0.39, 0.29) is 0 Å². The molecular weight excluding hydrogens is 274 g/mol. The first-order chi connectivity index (χ1) is 10.8. The molecule has 5 nitrogen and oxygen atoms in total. The number of aromatic nitrogens is 3. The van der Waals surface area contributed by atoms with Crippen LogP contribution in [0, 0.1) is 0 Å². The monoisotopic (exact) mass is 299 g/mol. The number of pyridine rings is 1. The van der Waals surface area contributed by atoms with Gasteiger partial charge in [-0.05, 0) is 30.5 Å². The zero-order chi connectivity index (χ0) is 15.2. The predicted octanol–water partition coefficient (Wildman–Crippen LogP) is 2.49. The van der Waals surface area contributed by atoms with E-state index in [1.807, 2.05) is 30.3 Å². The molecule has 3 rings (SSSR count). The van der Waals surface area contributed by atoms with Crippen LogP contribution in [0.1, 0.15) is 36.9 Å². The second-order valence-corrected chi connectivity index (χ2v) is 6.02. The van der Waals surface area contributed by atoms with Crippen LogP contribution in [0.25, 0.3) is 0 Å². The Bertz CT molecular complexity index is 584. The first-order valence-corrected chi connectivity index (χ1v) is 8.19. The number of nitrogens with one attached hydrogen (secondary N) is 1. The minimum absolute atomic E-state index is 0.831. The van der Waals surface area contributed by atoms with Crippen molar-refractivity contribution in [2.45, 2.75) is 38.8 Å². The third kappa shape index (κ3) is 3.85. The van der Waals surface area contributed by atoms with Gasteiger partial charge in [-0.1, -0.05) is 12.8 Å². The highest BCUT2D eigenvalue weighted by atomic mass is 15.2. The van der Waals surface area contributed by atoms with E-state index in [9.17, 15) is 0 Å². The summed E-state index contributed by atoms with van der Waals surface area (Å²) >= 11 is 0.